The van der Waals surface area contributed by atoms with Gasteiger partial charge in [-0.25, -0.2) is 0 Å². The van der Waals surface area contributed by atoms with Crippen molar-refractivity contribution in [2.75, 3.05) is 4.90 Å². The normalized spacial score (nSPS) is 13.0. The molecule has 0 fully saturated rings. The first-order valence-corrected chi connectivity index (χ1v) is 17.4. The summed E-state index contributed by atoms with van der Waals surface area (Å²) < 4.78 is 0. The van der Waals surface area contributed by atoms with Crippen LogP contribution in [0.5, 0.6) is 0 Å². The molecule has 2 heteroatoms. The minimum atomic E-state index is 0.0273. The van der Waals surface area contributed by atoms with Crippen LogP contribution in [-0.2, 0) is 12.0 Å². The van der Waals surface area contributed by atoms with Crippen molar-refractivity contribution in [2.24, 2.45) is 0 Å². The van der Waals surface area contributed by atoms with Gasteiger partial charge in [0.15, 0.2) is 0 Å². The van der Waals surface area contributed by atoms with Gasteiger partial charge in [0.05, 0.1) is 12.3 Å². The summed E-state index contributed by atoms with van der Waals surface area (Å²) in [6.07, 6.45) is 7.18. The summed E-state index contributed by atoms with van der Waals surface area (Å²) in [6.45, 7) is 6.90. The zero-order valence-corrected chi connectivity index (χ0v) is 28.0. The smallest absolute Gasteiger partial charge is 0.0681 e. The Hall–Kier alpha value is -4.66. The minimum absolute atomic E-state index is 0.0273. The highest BCUT2D eigenvalue weighted by Crippen LogP contribution is 2.55. The number of aryl methyl sites for hydroxylation is 1. The monoisotopic (exact) mass is 615 g/mol. The van der Waals surface area contributed by atoms with E-state index in [-0.39, 0.29) is 12.0 Å². The quantitative estimate of drug-likeness (QED) is 0.157. The van der Waals surface area contributed by atoms with Crippen LogP contribution < -0.4 is 4.90 Å². The maximum absolute atomic E-state index is 9.53. The van der Waals surface area contributed by atoms with Crippen molar-refractivity contribution >= 4 is 27.8 Å². The maximum atomic E-state index is 9.53. The van der Waals surface area contributed by atoms with Gasteiger partial charge in [0.1, 0.15) is 0 Å². The number of aliphatic hydroxyl groups is 1. The molecule has 2 nitrogen and oxygen atoms in total. The molecule has 0 spiro atoms. The maximum Gasteiger partial charge on any atom is 0.0681 e. The molecule has 0 bridgehead atoms. The summed E-state index contributed by atoms with van der Waals surface area (Å²) in [6, 6.07) is 46.9. The molecule has 1 N–H and O–H groups in total. The lowest BCUT2D eigenvalue weighted by atomic mass is 9.71. The molecule has 0 heterocycles. The molecule has 0 amide bonds. The van der Waals surface area contributed by atoms with E-state index in [4.69, 9.17) is 0 Å². The summed E-state index contributed by atoms with van der Waals surface area (Å²) in [5, 5.41) is 12.1. The lowest BCUT2D eigenvalue weighted by Gasteiger charge is -2.34. The zero-order chi connectivity index (χ0) is 32.4. The third-order valence-electron chi connectivity index (χ3n) is 10.4. The molecule has 0 saturated heterocycles. The highest BCUT2D eigenvalue weighted by atomic mass is 16.3. The predicted molar refractivity (Wildman–Crippen MR) is 200 cm³/mol. The third-order valence-corrected chi connectivity index (χ3v) is 10.4. The number of benzene rings is 6. The summed E-state index contributed by atoms with van der Waals surface area (Å²) in [4.78, 5) is 2.47. The molecule has 236 valence electrons. The zero-order valence-electron chi connectivity index (χ0n) is 28.0. The van der Waals surface area contributed by atoms with Gasteiger partial charge in [-0.1, -0.05) is 137 Å². The SMILES string of the molecule is CCCCC1(CCCC)c2ccccc2-c2ccc(N(c3ccc(-c4ccc(CO)cc4)cc3)c3ccc(C)c4ccccc34)cc21. The number of hydrogen-bond acceptors (Lipinski definition) is 2. The Morgan fingerprint density at radius 1 is 0.574 bits per heavy atom. The molecule has 1 aliphatic carbocycles. The number of nitrogens with zero attached hydrogens (tertiary/aromatic N) is 1. The number of hydrogen-bond donors (Lipinski definition) is 1. The van der Waals surface area contributed by atoms with Crippen LogP contribution in [0.2, 0.25) is 0 Å². The largest absolute Gasteiger partial charge is 0.392 e. The second-order valence-corrected chi connectivity index (χ2v) is 13.2. The van der Waals surface area contributed by atoms with Crippen molar-refractivity contribution in [1.82, 2.24) is 0 Å². The summed E-state index contributed by atoms with van der Waals surface area (Å²) in [7, 11) is 0. The van der Waals surface area contributed by atoms with Gasteiger partial charge in [-0.05, 0) is 100.0 Å². The van der Waals surface area contributed by atoms with Crippen LogP contribution >= 0.6 is 0 Å². The lowest BCUT2D eigenvalue weighted by Crippen LogP contribution is -2.25. The molecule has 0 atom stereocenters. The van der Waals surface area contributed by atoms with E-state index in [1.165, 1.54) is 88.5 Å². The van der Waals surface area contributed by atoms with Gasteiger partial charge in [0, 0.05) is 22.2 Å². The fourth-order valence-electron chi connectivity index (χ4n) is 7.86. The number of unbranched alkanes of at least 4 members (excludes halogenated alkanes) is 2. The van der Waals surface area contributed by atoms with Crippen LogP contribution in [-0.4, -0.2) is 5.11 Å². The standard InChI is InChI=1S/C45H45NO/c1-4-6-28-45(29-7-5-2)42-15-11-10-13-39(42)40-26-25-37(30-43(40)45)46(44-27-16-32(3)38-12-8-9-14-41(38)44)36-23-21-35(22-24-36)34-19-17-33(31-47)18-20-34/h8-27,30,47H,4-7,28-29,31H2,1-3H3. The number of anilines is 3. The minimum Gasteiger partial charge on any atom is -0.392 e. The van der Waals surface area contributed by atoms with E-state index < -0.39 is 0 Å². The van der Waals surface area contributed by atoms with Gasteiger partial charge in [0.2, 0.25) is 0 Å². The lowest BCUT2D eigenvalue weighted by molar-refractivity contribution is 0.282. The third kappa shape index (κ3) is 5.55. The molecular weight excluding hydrogens is 571 g/mol. The Kier molecular flexibility index (Phi) is 8.71. The second kappa shape index (κ2) is 13.2. The first-order chi connectivity index (χ1) is 23.1. The molecule has 0 radical (unpaired) electrons. The fraction of sp³-hybridized carbons (Fsp3) is 0.244. The van der Waals surface area contributed by atoms with Crippen LogP contribution in [0.4, 0.5) is 17.1 Å². The molecule has 6 aromatic rings. The molecule has 0 aliphatic heterocycles. The molecule has 6 aromatic carbocycles. The van der Waals surface area contributed by atoms with Crippen molar-refractivity contribution < 1.29 is 5.11 Å². The summed E-state index contributed by atoms with van der Waals surface area (Å²) in [5.74, 6) is 0. The molecule has 0 aromatic heterocycles. The summed E-state index contributed by atoms with van der Waals surface area (Å²) >= 11 is 0. The van der Waals surface area contributed by atoms with Gasteiger partial charge in [-0.3, -0.25) is 0 Å². The number of fused-ring (bicyclic) bond motifs is 4. The highest BCUT2D eigenvalue weighted by molar-refractivity contribution is 6.01. The van der Waals surface area contributed by atoms with Gasteiger partial charge >= 0.3 is 0 Å². The highest BCUT2D eigenvalue weighted by Gasteiger charge is 2.42. The van der Waals surface area contributed by atoms with Crippen LogP contribution in [0, 0.1) is 6.92 Å². The van der Waals surface area contributed by atoms with Crippen LogP contribution in [0.25, 0.3) is 33.0 Å². The van der Waals surface area contributed by atoms with E-state index in [0.717, 1.165) is 22.4 Å². The fourth-order valence-corrected chi connectivity index (χ4v) is 7.86. The van der Waals surface area contributed by atoms with Crippen molar-refractivity contribution in [2.45, 2.75) is 71.3 Å². The van der Waals surface area contributed by atoms with E-state index in [1.54, 1.807) is 0 Å². The molecule has 47 heavy (non-hydrogen) atoms. The Morgan fingerprint density at radius 2 is 1.17 bits per heavy atom. The van der Waals surface area contributed by atoms with E-state index in [0.29, 0.717) is 0 Å². The topological polar surface area (TPSA) is 23.5 Å². The van der Waals surface area contributed by atoms with E-state index in [1.807, 2.05) is 12.1 Å². The van der Waals surface area contributed by atoms with E-state index >= 15 is 0 Å². The van der Waals surface area contributed by atoms with Gasteiger partial charge in [-0.2, -0.15) is 0 Å². The van der Waals surface area contributed by atoms with E-state index in [9.17, 15) is 5.11 Å². The second-order valence-electron chi connectivity index (χ2n) is 13.2. The molecule has 1 aliphatic rings. The first kappa shape index (κ1) is 31.0. The van der Waals surface area contributed by atoms with Crippen molar-refractivity contribution in [3.63, 3.8) is 0 Å². The van der Waals surface area contributed by atoms with Crippen molar-refractivity contribution in [1.29, 1.82) is 0 Å². The number of aliphatic hydroxyl groups excluding tert-OH is 1. The predicted octanol–water partition coefficient (Wildman–Crippen LogP) is 12.4. The average Bonchev–Trinajstić information content (AvgIpc) is 3.40. The summed E-state index contributed by atoms with van der Waals surface area (Å²) in [5.41, 5.74) is 13.9. The molecular formula is C45H45NO. The Morgan fingerprint density at radius 3 is 1.85 bits per heavy atom. The molecule has 7 rings (SSSR count). The Labute approximate surface area is 280 Å². The van der Waals surface area contributed by atoms with E-state index in [2.05, 4.69) is 141 Å². The van der Waals surface area contributed by atoms with Crippen molar-refractivity contribution in [3.05, 3.63) is 150 Å². The van der Waals surface area contributed by atoms with Crippen LogP contribution in [0.3, 0.4) is 0 Å². The van der Waals surface area contributed by atoms with Gasteiger partial charge in [0.25, 0.3) is 0 Å². The Bertz CT molecular complexity index is 2000. The van der Waals surface area contributed by atoms with Gasteiger partial charge in [-0.15, -0.1) is 0 Å². The molecule has 0 saturated carbocycles. The average molecular weight is 616 g/mol. The Balaban J connectivity index is 1.42. The molecule has 0 unspecified atom stereocenters. The van der Waals surface area contributed by atoms with Crippen LogP contribution in [0.1, 0.15) is 74.6 Å². The first-order valence-electron chi connectivity index (χ1n) is 17.4. The number of rotatable bonds is 11. The van der Waals surface area contributed by atoms with Crippen molar-refractivity contribution in [3.8, 4) is 22.3 Å². The van der Waals surface area contributed by atoms with Gasteiger partial charge < -0.3 is 10.0 Å². The van der Waals surface area contributed by atoms with Crippen LogP contribution in [0.15, 0.2) is 127 Å².